The summed E-state index contributed by atoms with van der Waals surface area (Å²) < 4.78 is 0. The van der Waals surface area contributed by atoms with E-state index in [1.807, 2.05) is 0 Å². The van der Waals surface area contributed by atoms with Gasteiger partial charge in [-0.1, -0.05) is 6.92 Å². The monoisotopic (exact) mass is 146 g/mol. The van der Waals surface area contributed by atoms with Crippen LogP contribution in [0.4, 0.5) is 0 Å². The Labute approximate surface area is 60.7 Å². The maximum absolute atomic E-state index is 10.7. The number of rotatable bonds is 3. The van der Waals surface area contributed by atoms with Gasteiger partial charge in [0.15, 0.2) is 5.78 Å². The van der Waals surface area contributed by atoms with Gasteiger partial charge < -0.3 is 10.2 Å². The Morgan fingerprint density at radius 1 is 1.70 bits per heavy atom. The van der Waals surface area contributed by atoms with Crippen molar-refractivity contribution in [3.8, 4) is 0 Å². The average molecular weight is 146 g/mol. The molecular weight excluding hydrogens is 132 g/mol. The Bertz CT molecular complexity index is 129. The normalized spacial score (nSPS) is 19.7. The second kappa shape index (κ2) is 3.12. The maximum atomic E-state index is 10.7. The summed E-state index contributed by atoms with van der Waals surface area (Å²) in [6.07, 6.45) is -0.572. The lowest BCUT2D eigenvalue weighted by Crippen LogP contribution is -2.45. The third kappa shape index (κ3) is 1.78. The number of aliphatic hydroxyl groups excluding tert-OH is 1. The molecule has 0 aromatic rings. The SMILES string of the molecule is CCC(O)C(C)(O)C(C)=O. The highest BCUT2D eigenvalue weighted by atomic mass is 16.3. The van der Waals surface area contributed by atoms with Gasteiger partial charge in [-0.05, 0) is 20.3 Å². The number of hydrogen-bond acceptors (Lipinski definition) is 3. The minimum absolute atomic E-state index is 0.382. The van der Waals surface area contributed by atoms with Gasteiger partial charge in [-0.15, -0.1) is 0 Å². The molecule has 3 heteroatoms. The summed E-state index contributed by atoms with van der Waals surface area (Å²) in [6, 6.07) is 0. The standard InChI is InChI=1S/C7H14O3/c1-4-6(9)7(3,10)5(2)8/h6,9-10H,4H2,1-3H3. The van der Waals surface area contributed by atoms with Gasteiger partial charge in [-0.2, -0.15) is 0 Å². The minimum atomic E-state index is -1.57. The van der Waals surface area contributed by atoms with E-state index in [1.165, 1.54) is 13.8 Å². The van der Waals surface area contributed by atoms with Crippen molar-refractivity contribution >= 4 is 5.78 Å². The van der Waals surface area contributed by atoms with E-state index in [0.29, 0.717) is 6.42 Å². The van der Waals surface area contributed by atoms with E-state index >= 15 is 0 Å². The van der Waals surface area contributed by atoms with Gasteiger partial charge in [0, 0.05) is 0 Å². The topological polar surface area (TPSA) is 57.5 Å². The Kier molecular flexibility index (Phi) is 2.99. The molecule has 0 aromatic heterocycles. The summed E-state index contributed by atoms with van der Waals surface area (Å²) in [7, 11) is 0. The quantitative estimate of drug-likeness (QED) is 0.593. The molecule has 0 saturated heterocycles. The smallest absolute Gasteiger partial charge is 0.163 e. The number of aliphatic hydroxyl groups is 2. The van der Waals surface area contributed by atoms with Gasteiger partial charge in [-0.25, -0.2) is 0 Å². The fraction of sp³-hybridized carbons (Fsp3) is 0.857. The molecule has 60 valence electrons. The van der Waals surface area contributed by atoms with Gasteiger partial charge in [0.25, 0.3) is 0 Å². The molecule has 0 aliphatic heterocycles. The molecule has 2 N–H and O–H groups in total. The van der Waals surface area contributed by atoms with Crippen molar-refractivity contribution in [3.05, 3.63) is 0 Å². The fourth-order valence-corrected chi connectivity index (χ4v) is 0.632. The molecule has 10 heavy (non-hydrogen) atoms. The highest BCUT2D eigenvalue weighted by molar-refractivity contribution is 5.84. The summed E-state index contributed by atoms with van der Waals surface area (Å²) in [6.45, 7) is 4.30. The second-order valence-corrected chi connectivity index (χ2v) is 2.63. The molecule has 0 radical (unpaired) electrons. The third-order valence-electron chi connectivity index (χ3n) is 1.75. The van der Waals surface area contributed by atoms with Crippen LogP contribution in [0.3, 0.4) is 0 Å². The lowest BCUT2D eigenvalue weighted by molar-refractivity contribution is -0.145. The first-order valence-corrected chi connectivity index (χ1v) is 3.34. The van der Waals surface area contributed by atoms with Crippen molar-refractivity contribution in [2.75, 3.05) is 0 Å². The van der Waals surface area contributed by atoms with Crippen LogP contribution in [-0.4, -0.2) is 27.7 Å². The number of carbonyl (C=O) groups excluding carboxylic acids is 1. The largest absolute Gasteiger partial charge is 0.390 e. The van der Waals surface area contributed by atoms with Crippen LogP contribution in [0.5, 0.6) is 0 Å². The summed E-state index contributed by atoms with van der Waals surface area (Å²) in [5.41, 5.74) is -1.57. The van der Waals surface area contributed by atoms with Gasteiger partial charge in [0.05, 0.1) is 6.10 Å². The average Bonchev–Trinajstić information content (AvgIpc) is 1.86. The number of carbonyl (C=O) groups is 1. The number of Topliss-reactive ketones (excluding diaryl/α,β-unsaturated/α-hetero) is 1. The van der Waals surface area contributed by atoms with Crippen LogP contribution in [0.2, 0.25) is 0 Å². The highest BCUT2D eigenvalue weighted by Gasteiger charge is 2.33. The van der Waals surface area contributed by atoms with Crippen molar-refractivity contribution in [1.82, 2.24) is 0 Å². The van der Waals surface area contributed by atoms with Gasteiger partial charge >= 0.3 is 0 Å². The molecule has 0 bridgehead atoms. The van der Waals surface area contributed by atoms with Crippen molar-refractivity contribution in [2.24, 2.45) is 0 Å². The summed E-state index contributed by atoms with van der Waals surface area (Å²) in [4.78, 5) is 10.7. The zero-order chi connectivity index (χ0) is 8.36. The van der Waals surface area contributed by atoms with Crippen LogP contribution in [-0.2, 0) is 4.79 Å². The highest BCUT2D eigenvalue weighted by Crippen LogP contribution is 2.13. The molecule has 0 amide bonds. The van der Waals surface area contributed by atoms with Crippen LogP contribution in [0, 0.1) is 0 Å². The minimum Gasteiger partial charge on any atom is -0.390 e. The lowest BCUT2D eigenvalue weighted by Gasteiger charge is -2.24. The number of ketones is 1. The molecular formula is C7H14O3. The Hall–Kier alpha value is -0.410. The van der Waals surface area contributed by atoms with E-state index in [0.717, 1.165) is 0 Å². The molecule has 0 heterocycles. The van der Waals surface area contributed by atoms with E-state index in [2.05, 4.69) is 0 Å². The van der Waals surface area contributed by atoms with Crippen LogP contribution in [0.1, 0.15) is 27.2 Å². The molecule has 0 aromatic carbocycles. The van der Waals surface area contributed by atoms with Crippen LogP contribution < -0.4 is 0 Å². The molecule has 0 aliphatic rings. The molecule has 0 saturated carbocycles. The van der Waals surface area contributed by atoms with E-state index in [-0.39, 0.29) is 0 Å². The van der Waals surface area contributed by atoms with Gasteiger partial charge in [-0.3, -0.25) is 4.79 Å². The first kappa shape index (κ1) is 9.59. The Balaban J connectivity index is 4.23. The fourth-order valence-electron chi connectivity index (χ4n) is 0.632. The van der Waals surface area contributed by atoms with E-state index in [4.69, 9.17) is 5.11 Å². The first-order valence-electron chi connectivity index (χ1n) is 3.34. The summed E-state index contributed by atoms with van der Waals surface area (Å²) >= 11 is 0. The molecule has 0 spiro atoms. The summed E-state index contributed by atoms with van der Waals surface area (Å²) in [5.74, 6) is -0.401. The molecule has 2 atom stereocenters. The van der Waals surface area contributed by atoms with Crippen molar-refractivity contribution < 1.29 is 15.0 Å². The second-order valence-electron chi connectivity index (χ2n) is 2.63. The molecule has 0 aliphatic carbocycles. The lowest BCUT2D eigenvalue weighted by atomic mass is 9.93. The number of hydrogen-bond donors (Lipinski definition) is 2. The first-order chi connectivity index (χ1) is 4.42. The van der Waals surface area contributed by atoms with E-state index in [1.54, 1.807) is 6.92 Å². The predicted octanol–water partition coefficient (Wildman–Crippen LogP) is 0.0973. The van der Waals surface area contributed by atoms with Crippen LogP contribution in [0.25, 0.3) is 0 Å². The van der Waals surface area contributed by atoms with Gasteiger partial charge in [0.2, 0.25) is 0 Å². The van der Waals surface area contributed by atoms with Crippen molar-refractivity contribution in [3.63, 3.8) is 0 Å². The Morgan fingerprint density at radius 3 is 2.20 bits per heavy atom. The third-order valence-corrected chi connectivity index (χ3v) is 1.75. The van der Waals surface area contributed by atoms with E-state index < -0.39 is 17.5 Å². The maximum Gasteiger partial charge on any atom is 0.163 e. The van der Waals surface area contributed by atoms with E-state index in [9.17, 15) is 9.90 Å². The molecule has 3 nitrogen and oxygen atoms in total. The van der Waals surface area contributed by atoms with Crippen LogP contribution >= 0.6 is 0 Å². The summed E-state index contributed by atoms with van der Waals surface area (Å²) in [5, 5.41) is 18.3. The van der Waals surface area contributed by atoms with Crippen molar-refractivity contribution in [1.29, 1.82) is 0 Å². The molecule has 2 unspecified atom stereocenters. The van der Waals surface area contributed by atoms with Gasteiger partial charge in [0.1, 0.15) is 5.60 Å². The predicted molar refractivity (Wildman–Crippen MR) is 37.6 cm³/mol. The van der Waals surface area contributed by atoms with Crippen LogP contribution in [0.15, 0.2) is 0 Å². The van der Waals surface area contributed by atoms with Crippen molar-refractivity contribution in [2.45, 2.75) is 38.9 Å². The Morgan fingerprint density at radius 2 is 2.10 bits per heavy atom. The molecule has 0 rings (SSSR count). The zero-order valence-corrected chi connectivity index (χ0v) is 6.59. The molecule has 0 fully saturated rings. The zero-order valence-electron chi connectivity index (χ0n) is 6.59.